The molecular weight excluding hydrogens is 326 g/mol. The summed E-state index contributed by atoms with van der Waals surface area (Å²) in [6.45, 7) is 0.737. The van der Waals surface area contributed by atoms with Crippen LogP contribution in [0.15, 0.2) is 42.7 Å². The fourth-order valence-electron chi connectivity index (χ4n) is 3.03. The molecule has 0 bridgehead atoms. The summed E-state index contributed by atoms with van der Waals surface area (Å²) < 4.78 is 33.4. The van der Waals surface area contributed by atoms with Gasteiger partial charge in [-0.3, -0.25) is 9.78 Å². The van der Waals surface area contributed by atoms with Crippen LogP contribution in [0.25, 0.3) is 0 Å². The number of ether oxygens (including phenoxy) is 1. The van der Waals surface area contributed by atoms with Gasteiger partial charge in [-0.1, -0.05) is 0 Å². The molecule has 1 aliphatic rings. The zero-order valence-electron chi connectivity index (χ0n) is 13.8. The summed E-state index contributed by atoms with van der Waals surface area (Å²) >= 11 is 0. The molecule has 1 saturated heterocycles. The highest BCUT2D eigenvalue weighted by Crippen LogP contribution is 2.25. The number of carbonyl (C=O) groups excluding carboxylic acids is 1. The Kier molecular flexibility index (Phi) is 5.71. The molecule has 0 saturated carbocycles. The quantitative estimate of drug-likeness (QED) is 0.871. The first-order valence-corrected chi connectivity index (χ1v) is 8.39. The van der Waals surface area contributed by atoms with E-state index in [1.54, 1.807) is 24.5 Å². The summed E-state index contributed by atoms with van der Waals surface area (Å²) in [5.74, 6) is -1.34. The molecule has 25 heavy (non-hydrogen) atoms. The smallest absolute Gasteiger partial charge is 0.220 e. The summed E-state index contributed by atoms with van der Waals surface area (Å²) in [7, 11) is 0. The van der Waals surface area contributed by atoms with E-state index in [0.717, 1.165) is 37.6 Å². The molecule has 0 aliphatic carbocycles. The normalized spacial score (nSPS) is 18.1. The van der Waals surface area contributed by atoms with Crippen molar-refractivity contribution >= 4 is 5.91 Å². The van der Waals surface area contributed by atoms with E-state index in [-0.39, 0.29) is 24.0 Å². The first kappa shape index (κ1) is 17.5. The lowest BCUT2D eigenvalue weighted by Gasteiger charge is -2.21. The van der Waals surface area contributed by atoms with Gasteiger partial charge in [-0.2, -0.15) is 0 Å². The summed E-state index contributed by atoms with van der Waals surface area (Å²) in [4.78, 5) is 16.3. The highest BCUT2D eigenvalue weighted by atomic mass is 19.1. The lowest BCUT2D eigenvalue weighted by molar-refractivity contribution is -0.122. The van der Waals surface area contributed by atoms with E-state index in [1.807, 2.05) is 0 Å². The lowest BCUT2D eigenvalue weighted by atomic mass is 9.98. The SMILES string of the molecule is O=C(CC[C@@H]1CCCO1)NC(c1ccncc1)c1cc(F)ccc1F. The van der Waals surface area contributed by atoms with Crippen molar-refractivity contribution in [3.8, 4) is 0 Å². The van der Waals surface area contributed by atoms with Crippen molar-refractivity contribution in [3.63, 3.8) is 0 Å². The minimum absolute atomic E-state index is 0.0941. The Balaban J connectivity index is 1.77. The predicted molar refractivity (Wildman–Crippen MR) is 88.8 cm³/mol. The molecule has 1 unspecified atom stereocenters. The van der Waals surface area contributed by atoms with Gasteiger partial charge >= 0.3 is 0 Å². The van der Waals surface area contributed by atoms with Crippen LogP contribution in [0, 0.1) is 11.6 Å². The van der Waals surface area contributed by atoms with Crippen LogP contribution in [0.1, 0.15) is 42.9 Å². The number of pyridine rings is 1. The van der Waals surface area contributed by atoms with Gasteiger partial charge in [0.25, 0.3) is 0 Å². The summed E-state index contributed by atoms with van der Waals surface area (Å²) in [6.07, 6.45) is 6.09. The van der Waals surface area contributed by atoms with E-state index in [0.29, 0.717) is 12.0 Å². The number of hydrogen-bond acceptors (Lipinski definition) is 3. The van der Waals surface area contributed by atoms with Crippen LogP contribution >= 0.6 is 0 Å². The van der Waals surface area contributed by atoms with Gasteiger partial charge in [-0.05, 0) is 55.2 Å². The molecule has 1 fully saturated rings. The van der Waals surface area contributed by atoms with Crippen molar-refractivity contribution < 1.29 is 18.3 Å². The van der Waals surface area contributed by atoms with Crippen LogP contribution < -0.4 is 5.32 Å². The van der Waals surface area contributed by atoms with Gasteiger partial charge in [-0.15, -0.1) is 0 Å². The fraction of sp³-hybridized carbons (Fsp3) is 0.368. The Morgan fingerprint density at radius 2 is 2.08 bits per heavy atom. The molecule has 132 valence electrons. The molecule has 0 spiro atoms. The zero-order valence-corrected chi connectivity index (χ0v) is 13.8. The molecule has 0 radical (unpaired) electrons. The van der Waals surface area contributed by atoms with E-state index < -0.39 is 17.7 Å². The molecule has 4 nitrogen and oxygen atoms in total. The van der Waals surface area contributed by atoms with Gasteiger partial charge in [0.05, 0.1) is 12.1 Å². The highest BCUT2D eigenvalue weighted by molar-refractivity contribution is 5.77. The van der Waals surface area contributed by atoms with Crippen LogP contribution in [-0.4, -0.2) is 23.6 Å². The summed E-state index contributed by atoms with van der Waals surface area (Å²) in [6, 6.07) is 5.82. The van der Waals surface area contributed by atoms with Crippen molar-refractivity contribution in [2.75, 3.05) is 6.61 Å². The summed E-state index contributed by atoms with van der Waals surface area (Å²) in [5.41, 5.74) is 0.738. The number of benzene rings is 1. The fourth-order valence-corrected chi connectivity index (χ4v) is 3.03. The molecule has 2 aromatic rings. The van der Waals surface area contributed by atoms with Crippen LogP contribution in [0.5, 0.6) is 0 Å². The van der Waals surface area contributed by atoms with Gasteiger partial charge in [0.15, 0.2) is 0 Å². The largest absolute Gasteiger partial charge is 0.378 e. The minimum Gasteiger partial charge on any atom is -0.378 e. The number of aromatic nitrogens is 1. The Morgan fingerprint density at radius 3 is 2.80 bits per heavy atom. The Morgan fingerprint density at radius 1 is 1.28 bits per heavy atom. The molecule has 1 aromatic carbocycles. The average Bonchev–Trinajstić information content (AvgIpc) is 3.14. The number of amides is 1. The first-order valence-electron chi connectivity index (χ1n) is 8.39. The van der Waals surface area contributed by atoms with Gasteiger partial charge in [0.2, 0.25) is 5.91 Å². The minimum atomic E-state index is -0.768. The maximum Gasteiger partial charge on any atom is 0.220 e. The monoisotopic (exact) mass is 346 g/mol. The maximum absolute atomic E-state index is 14.2. The standard InChI is InChI=1S/C19H20F2N2O2/c20-14-3-5-17(21)16(12-14)19(13-7-9-22-10-8-13)23-18(24)6-4-15-2-1-11-25-15/h3,5,7-10,12,15,19H,1-2,4,6,11H2,(H,23,24)/t15-,19?/m0/s1. The molecule has 3 rings (SSSR count). The third-order valence-electron chi connectivity index (χ3n) is 4.33. The third-order valence-corrected chi connectivity index (χ3v) is 4.33. The number of nitrogens with zero attached hydrogens (tertiary/aromatic N) is 1. The lowest BCUT2D eigenvalue weighted by Crippen LogP contribution is -2.30. The van der Waals surface area contributed by atoms with Crippen LogP contribution in [-0.2, 0) is 9.53 Å². The highest BCUT2D eigenvalue weighted by Gasteiger charge is 2.22. The molecular formula is C19H20F2N2O2. The van der Waals surface area contributed by atoms with Crippen LogP contribution in [0.2, 0.25) is 0 Å². The number of hydrogen-bond donors (Lipinski definition) is 1. The van der Waals surface area contributed by atoms with Crippen molar-refractivity contribution in [3.05, 3.63) is 65.5 Å². The van der Waals surface area contributed by atoms with Crippen molar-refractivity contribution in [2.45, 2.75) is 37.8 Å². The maximum atomic E-state index is 14.2. The first-order chi connectivity index (χ1) is 12.1. The van der Waals surface area contributed by atoms with Gasteiger partial charge < -0.3 is 10.1 Å². The van der Waals surface area contributed by atoms with Gasteiger partial charge in [0, 0.05) is 31.0 Å². The number of carbonyl (C=O) groups is 1. The van der Waals surface area contributed by atoms with Gasteiger partial charge in [0.1, 0.15) is 11.6 Å². The second kappa shape index (κ2) is 8.16. The molecule has 1 amide bonds. The number of halogens is 2. The summed E-state index contributed by atoms with van der Waals surface area (Å²) in [5, 5.41) is 2.81. The number of nitrogens with one attached hydrogen (secondary N) is 1. The van der Waals surface area contributed by atoms with E-state index >= 15 is 0 Å². The Hall–Kier alpha value is -2.34. The predicted octanol–water partition coefficient (Wildman–Crippen LogP) is 3.52. The molecule has 6 heteroatoms. The second-order valence-corrected chi connectivity index (χ2v) is 6.12. The zero-order chi connectivity index (χ0) is 17.6. The van der Waals surface area contributed by atoms with E-state index in [1.165, 1.54) is 0 Å². The second-order valence-electron chi connectivity index (χ2n) is 6.12. The van der Waals surface area contributed by atoms with Crippen molar-refractivity contribution in [2.24, 2.45) is 0 Å². The Bertz CT molecular complexity index is 719. The topological polar surface area (TPSA) is 51.2 Å². The van der Waals surface area contributed by atoms with Crippen molar-refractivity contribution in [1.29, 1.82) is 0 Å². The number of rotatable bonds is 6. The van der Waals surface area contributed by atoms with Crippen LogP contribution in [0.3, 0.4) is 0 Å². The molecule has 2 atom stereocenters. The van der Waals surface area contributed by atoms with E-state index in [9.17, 15) is 13.6 Å². The van der Waals surface area contributed by atoms with Crippen molar-refractivity contribution in [1.82, 2.24) is 10.3 Å². The Labute approximate surface area is 145 Å². The third kappa shape index (κ3) is 4.60. The molecule has 2 heterocycles. The molecule has 1 aliphatic heterocycles. The molecule has 1 aromatic heterocycles. The average molecular weight is 346 g/mol. The van der Waals surface area contributed by atoms with E-state index in [2.05, 4.69) is 10.3 Å². The van der Waals surface area contributed by atoms with Crippen LogP contribution in [0.4, 0.5) is 8.78 Å². The van der Waals surface area contributed by atoms with Gasteiger partial charge in [-0.25, -0.2) is 8.78 Å². The van der Waals surface area contributed by atoms with E-state index in [4.69, 9.17) is 4.74 Å². The molecule has 1 N–H and O–H groups in total.